The fourth-order valence-electron chi connectivity index (χ4n) is 1.82. The average Bonchev–Trinajstić information content (AvgIpc) is 2.89. The van der Waals surface area contributed by atoms with Gasteiger partial charge in [-0.15, -0.1) is 0 Å². The molecule has 0 bridgehead atoms. The second kappa shape index (κ2) is 6.43. The van der Waals surface area contributed by atoms with Crippen LogP contribution in [-0.4, -0.2) is 18.1 Å². The molecule has 1 aromatic carbocycles. The lowest BCUT2D eigenvalue weighted by atomic mass is 10.2. The van der Waals surface area contributed by atoms with Gasteiger partial charge in [0.1, 0.15) is 0 Å². The van der Waals surface area contributed by atoms with Gasteiger partial charge in [0.2, 0.25) is 11.7 Å². The van der Waals surface area contributed by atoms with Gasteiger partial charge in [-0.1, -0.05) is 18.2 Å². The van der Waals surface area contributed by atoms with Crippen LogP contribution in [0.1, 0.15) is 17.9 Å². The first-order valence-corrected chi connectivity index (χ1v) is 6.20. The number of nitrogens with zero attached hydrogens (tertiary/aromatic N) is 1. The summed E-state index contributed by atoms with van der Waals surface area (Å²) in [7, 11) is 0. The van der Waals surface area contributed by atoms with Crippen LogP contribution >= 0.6 is 0 Å². The van der Waals surface area contributed by atoms with Crippen LogP contribution in [0.25, 0.3) is 11.5 Å². The Morgan fingerprint density at radius 1 is 1.24 bits per heavy atom. The summed E-state index contributed by atoms with van der Waals surface area (Å²) in [5, 5.41) is 0. The van der Waals surface area contributed by atoms with Gasteiger partial charge < -0.3 is 9.15 Å². The largest absolute Gasteiger partial charge is 0.468 e. The van der Waals surface area contributed by atoms with Gasteiger partial charge in [0.05, 0.1) is 12.3 Å². The minimum absolute atomic E-state index is 0.0129. The predicted octanol–water partition coefficient (Wildman–Crippen LogP) is 3.47. The molecule has 0 unspecified atom stereocenters. The summed E-state index contributed by atoms with van der Waals surface area (Å²) in [5.74, 6) is -1.18. The van der Waals surface area contributed by atoms with Crippen molar-refractivity contribution in [2.45, 2.75) is 19.0 Å². The quantitative estimate of drug-likeness (QED) is 0.605. The second-order valence-corrected chi connectivity index (χ2v) is 4.23. The molecule has 0 radical (unpaired) electrons. The summed E-state index contributed by atoms with van der Waals surface area (Å²) >= 11 is 0. The van der Waals surface area contributed by atoms with Gasteiger partial charge in [-0.25, -0.2) is 4.98 Å². The number of ether oxygens (including phenoxy) is 1. The molecule has 0 aliphatic carbocycles. The molecule has 4 nitrogen and oxygen atoms in total. The van der Waals surface area contributed by atoms with Crippen LogP contribution in [0.5, 0.6) is 0 Å². The third-order valence-electron chi connectivity index (χ3n) is 2.72. The number of alkyl halides is 3. The van der Waals surface area contributed by atoms with E-state index in [2.05, 4.69) is 9.72 Å². The number of benzene rings is 1. The van der Waals surface area contributed by atoms with Gasteiger partial charge in [0, 0.05) is 5.56 Å². The van der Waals surface area contributed by atoms with Crippen LogP contribution in [-0.2, 0) is 22.1 Å². The summed E-state index contributed by atoms with van der Waals surface area (Å²) < 4.78 is 48.1. The molecule has 2 rings (SSSR count). The summed E-state index contributed by atoms with van der Waals surface area (Å²) in [6.07, 6.45) is -4.36. The number of oxazole rings is 1. The number of hydrogen-bond acceptors (Lipinski definition) is 4. The van der Waals surface area contributed by atoms with Crippen molar-refractivity contribution in [2.75, 3.05) is 6.61 Å². The third-order valence-corrected chi connectivity index (χ3v) is 2.72. The predicted molar refractivity (Wildman–Crippen MR) is 67.3 cm³/mol. The van der Waals surface area contributed by atoms with E-state index in [4.69, 9.17) is 4.42 Å². The molecule has 21 heavy (non-hydrogen) atoms. The van der Waals surface area contributed by atoms with Crippen molar-refractivity contribution < 1.29 is 27.1 Å². The monoisotopic (exact) mass is 299 g/mol. The Morgan fingerprint density at radius 2 is 1.95 bits per heavy atom. The van der Waals surface area contributed by atoms with E-state index in [-0.39, 0.29) is 37.5 Å². The Bertz CT molecular complexity index is 593. The topological polar surface area (TPSA) is 52.3 Å². The standard InChI is InChI=1S/C14H12F3NO3/c15-14(16,17)12-11(7-4-8-20-9-19)18-13(21-12)10-5-2-1-3-6-10/h1-3,5-6,9H,4,7-8H2. The maximum atomic E-state index is 12.9. The van der Waals surface area contributed by atoms with E-state index in [1.807, 2.05) is 0 Å². The van der Waals surface area contributed by atoms with Crippen LogP contribution in [0.4, 0.5) is 13.2 Å². The SMILES string of the molecule is O=COCCCc1nc(-c2ccccc2)oc1C(F)(F)F. The maximum Gasteiger partial charge on any atom is 0.451 e. The zero-order chi connectivity index (χ0) is 15.3. The van der Waals surface area contributed by atoms with Crippen molar-refractivity contribution in [1.29, 1.82) is 0 Å². The highest BCUT2D eigenvalue weighted by Crippen LogP contribution is 2.35. The minimum atomic E-state index is -4.61. The molecule has 0 saturated heterocycles. The smallest absolute Gasteiger partial charge is 0.451 e. The van der Waals surface area contributed by atoms with Gasteiger partial charge in [-0.2, -0.15) is 13.2 Å². The molecule has 1 heterocycles. The van der Waals surface area contributed by atoms with E-state index >= 15 is 0 Å². The Balaban J connectivity index is 2.25. The fraction of sp³-hybridized carbons (Fsp3) is 0.286. The molecular weight excluding hydrogens is 287 g/mol. The van der Waals surface area contributed by atoms with Crippen molar-refractivity contribution in [3.8, 4) is 11.5 Å². The van der Waals surface area contributed by atoms with Gasteiger partial charge in [0.25, 0.3) is 6.47 Å². The number of aromatic nitrogens is 1. The molecular formula is C14H12F3NO3. The van der Waals surface area contributed by atoms with E-state index in [9.17, 15) is 18.0 Å². The first-order chi connectivity index (χ1) is 10.0. The summed E-state index contributed by atoms with van der Waals surface area (Å²) in [6.45, 7) is 0.289. The van der Waals surface area contributed by atoms with Gasteiger partial charge in [-0.05, 0) is 25.0 Å². The van der Waals surface area contributed by atoms with Crippen LogP contribution < -0.4 is 0 Å². The molecule has 0 atom stereocenters. The number of carbonyl (C=O) groups is 1. The lowest BCUT2D eigenvalue weighted by Crippen LogP contribution is -2.08. The maximum absolute atomic E-state index is 12.9. The Kier molecular flexibility index (Phi) is 4.62. The molecule has 0 spiro atoms. The first-order valence-electron chi connectivity index (χ1n) is 6.20. The molecule has 7 heteroatoms. The molecule has 0 aliphatic rings. The average molecular weight is 299 g/mol. The zero-order valence-corrected chi connectivity index (χ0v) is 10.9. The van der Waals surface area contributed by atoms with Crippen LogP contribution in [0.15, 0.2) is 34.7 Å². The highest BCUT2D eigenvalue weighted by molar-refractivity contribution is 5.53. The minimum Gasteiger partial charge on any atom is -0.468 e. The van der Waals surface area contributed by atoms with Crippen LogP contribution in [0.2, 0.25) is 0 Å². The molecule has 0 N–H and O–H groups in total. The number of halogens is 3. The molecule has 1 aromatic heterocycles. The number of aryl methyl sites for hydroxylation is 1. The molecule has 0 saturated carbocycles. The molecule has 112 valence electrons. The van der Waals surface area contributed by atoms with Crippen molar-refractivity contribution >= 4 is 6.47 Å². The van der Waals surface area contributed by atoms with E-state index < -0.39 is 11.9 Å². The van der Waals surface area contributed by atoms with Crippen molar-refractivity contribution in [2.24, 2.45) is 0 Å². The number of hydrogen-bond donors (Lipinski definition) is 0. The Labute approximate surface area is 118 Å². The van der Waals surface area contributed by atoms with E-state index in [1.165, 1.54) is 0 Å². The summed E-state index contributed by atoms with van der Waals surface area (Å²) in [5.41, 5.74) is 0.286. The summed E-state index contributed by atoms with van der Waals surface area (Å²) in [6, 6.07) is 8.35. The Hall–Kier alpha value is -2.31. The highest BCUT2D eigenvalue weighted by atomic mass is 19.4. The second-order valence-electron chi connectivity index (χ2n) is 4.23. The van der Waals surface area contributed by atoms with E-state index in [0.29, 0.717) is 5.56 Å². The van der Waals surface area contributed by atoms with Gasteiger partial charge in [0.15, 0.2) is 0 Å². The number of carbonyl (C=O) groups excluding carboxylic acids is 1. The van der Waals surface area contributed by atoms with Crippen molar-refractivity contribution in [3.05, 3.63) is 41.8 Å². The van der Waals surface area contributed by atoms with E-state index in [0.717, 1.165) is 0 Å². The van der Waals surface area contributed by atoms with Crippen LogP contribution in [0, 0.1) is 0 Å². The van der Waals surface area contributed by atoms with E-state index in [1.54, 1.807) is 30.3 Å². The molecule has 0 amide bonds. The summed E-state index contributed by atoms with van der Waals surface area (Å²) in [4.78, 5) is 13.9. The van der Waals surface area contributed by atoms with Crippen molar-refractivity contribution in [1.82, 2.24) is 4.98 Å². The molecule has 0 aliphatic heterocycles. The van der Waals surface area contributed by atoms with Gasteiger partial charge in [-0.3, -0.25) is 4.79 Å². The van der Waals surface area contributed by atoms with Crippen LogP contribution in [0.3, 0.4) is 0 Å². The Morgan fingerprint density at radius 3 is 2.57 bits per heavy atom. The van der Waals surface area contributed by atoms with Gasteiger partial charge >= 0.3 is 6.18 Å². The first kappa shape index (κ1) is 15.1. The van der Waals surface area contributed by atoms with Crippen molar-refractivity contribution in [3.63, 3.8) is 0 Å². The lowest BCUT2D eigenvalue weighted by molar-refractivity contribution is -0.153. The third kappa shape index (κ3) is 3.84. The lowest BCUT2D eigenvalue weighted by Gasteiger charge is -2.04. The number of rotatable bonds is 6. The fourth-order valence-corrected chi connectivity index (χ4v) is 1.82. The highest BCUT2D eigenvalue weighted by Gasteiger charge is 2.39. The molecule has 0 fully saturated rings. The molecule has 2 aromatic rings. The normalized spacial score (nSPS) is 11.4. The zero-order valence-electron chi connectivity index (χ0n) is 10.9.